The lowest BCUT2D eigenvalue weighted by Crippen LogP contribution is -2.45. The van der Waals surface area contributed by atoms with Crippen LogP contribution >= 0.6 is 0 Å². The van der Waals surface area contributed by atoms with Crippen molar-refractivity contribution in [3.63, 3.8) is 0 Å². The van der Waals surface area contributed by atoms with Gasteiger partial charge in [0.25, 0.3) is 5.91 Å². The number of hydrogen-bond donors (Lipinski definition) is 1. The van der Waals surface area contributed by atoms with Crippen LogP contribution in [0.4, 0.5) is 4.79 Å². The molecule has 1 heterocycles. The van der Waals surface area contributed by atoms with Gasteiger partial charge in [0.1, 0.15) is 11.5 Å². The summed E-state index contributed by atoms with van der Waals surface area (Å²) in [4.78, 5) is 30.6. The zero-order valence-corrected chi connectivity index (χ0v) is 23.4. The van der Waals surface area contributed by atoms with Gasteiger partial charge in [-0.15, -0.1) is 0 Å². The first kappa shape index (κ1) is 28.5. The van der Waals surface area contributed by atoms with Gasteiger partial charge in [0.2, 0.25) is 0 Å². The molecule has 4 rings (SSSR count). The molecule has 2 saturated carbocycles. The second-order valence-corrected chi connectivity index (χ2v) is 11.2. The van der Waals surface area contributed by atoms with Gasteiger partial charge in [0.15, 0.2) is 0 Å². The van der Waals surface area contributed by atoms with Crippen molar-refractivity contribution in [2.24, 2.45) is 17.8 Å². The summed E-state index contributed by atoms with van der Waals surface area (Å²) in [5.74, 6) is 2.17. The summed E-state index contributed by atoms with van der Waals surface area (Å²) >= 11 is 0. The summed E-state index contributed by atoms with van der Waals surface area (Å²) in [6, 6.07) is 5.67. The number of methoxy groups -OCH3 is 2. The number of carbonyl (C=O) groups is 2. The zero-order valence-electron chi connectivity index (χ0n) is 23.4. The van der Waals surface area contributed by atoms with Crippen molar-refractivity contribution in [3.05, 3.63) is 23.8 Å². The molecule has 2 aliphatic carbocycles. The van der Waals surface area contributed by atoms with E-state index in [0.717, 1.165) is 32.4 Å². The Morgan fingerprint density at radius 1 is 1.03 bits per heavy atom. The Bertz CT molecular complexity index is 933. The maximum atomic E-state index is 13.9. The van der Waals surface area contributed by atoms with Crippen molar-refractivity contribution in [1.82, 2.24) is 15.1 Å². The lowest BCUT2D eigenvalue weighted by Gasteiger charge is -2.33. The first-order chi connectivity index (χ1) is 18.4. The van der Waals surface area contributed by atoms with E-state index in [1.807, 2.05) is 23.6 Å². The largest absolute Gasteiger partial charge is 0.497 e. The maximum Gasteiger partial charge on any atom is 0.410 e. The quantitative estimate of drug-likeness (QED) is 0.344. The Hall–Kier alpha value is -2.52. The molecule has 2 amide bonds. The minimum Gasteiger partial charge on any atom is -0.497 e. The standard InChI is InChI=1S/C29H45N3O6/c1-20(2)31(28(33)26-11-10-25(36-4)14-27(26)37-13-5-12-35-3)17-22-15-30-16-23(22)18-32(24-8-9-24)29(34)38-19-21-6-7-21/h10-11,14,20-24,30H,5-9,12-13,15-19H2,1-4H3/t22-,23-/m0/s1. The van der Waals surface area contributed by atoms with E-state index in [1.54, 1.807) is 32.4 Å². The van der Waals surface area contributed by atoms with E-state index < -0.39 is 0 Å². The summed E-state index contributed by atoms with van der Waals surface area (Å²) in [6.45, 7) is 8.61. The van der Waals surface area contributed by atoms with Crippen LogP contribution in [0.15, 0.2) is 18.2 Å². The van der Waals surface area contributed by atoms with Crippen LogP contribution in [-0.4, -0.2) is 94.1 Å². The highest BCUT2D eigenvalue weighted by molar-refractivity contribution is 5.97. The molecule has 1 aromatic rings. The van der Waals surface area contributed by atoms with E-state index in [1.165, 1.54) is 12.8 Å². The second kappa shape index (κ2) is 13.5. The van der Waals surface area contributed by atoms with Crippen LogP contribution in [0.5, 0.6) is 11.5 Å². The Balaban J connectivity index is 1.43. The van der Waals surface area contributed by atoms with Crippen LogP contribution in [-0.2, 0) is 9.47 Å². The molecule has 3 aliphatic rings. The van der Waals surface area contributed by atoms with Crippen LogP contribution in [0, 0.1) is 17.8 Å². The molecule has 0 unspecified atom stereocenters. The first-order valence-electron chi connectivity index (χ1n) is 14.2. The SMILES string of the molecule is COCCCOc1cc(OC)ccc1C(=O)N(C[C@@H]1CNC[C@H]1CN(C(=O)OCC1CC1)C1CC1)C(C)C. The van der Waals surface area contributed by atoms with Crippen LogP contribution in [0.1, 0.15) is 56.3 Å². The Labute approximate surface area is 227 Å². The molecule has 0 radical (unpaired) electrons. The summed E-state index contributed by atoms with van der Waals surface area (Å²) in [6.07, 6.45) is 4.98. The number of carbonyl (C=O) groups excluding carboxylic acids is 2. The molecule has 9 nitrogen and oxygen atoms in total. The number of benzene rings is 1. The van der Waals surface area contributed by atoms with Gasteiger partial charge in [-0.2, -0.15) is 0 Å². The van der Waals surface area contributed by atoms with Crippen molar-refractivity contribution >= 4 is 12.0 Å². The molecule has 2 atom stereocenters. The van der Waals surface area contributed by atoms with Crippen LogP contribution in [0.3, 0.4) is 0 Å². The van der Waals surface area contributed by atoms with Gasteiger partial charge in [-0.1, -0.05) is 0 Å². The fourth-order valence-electron chi connectivity index (χ4n) is 5.03. The van der Waals surface area contributed by atoms with Gasteiger partial charge < -0.3 is 34.1 Å². The van der Waals surface area contributed by atoms with Gasteiger partial charge >= 0.3 is 6.09 Å². The van der Waals surface area contributed by atoms with Crippen LogP contribution < -0.4 is 14.8 Å². The molecule has 3 fully saturated rings. The van der Waals surface area contributed by atoms with Crippen molar-refractivity contribution in [2.75, 3.05) is 60.2 Å². The lowest BCUT2D eigenvalue weighted by atomic mass is 9.94. The highest BCUT2D eigenvalue weighted by Crippen LogP contribution is 2.33. The van der Waals surface area contributed by atoms with Gasteiger partial charge in [-0.3, -0.25) is 4.79 Å². The fraction of sp³-hybridized carbons (Fsp3) is 0.724. The van der Waals surface area contributed by atoms with Crippen molar-refractivity contribution < 1.29 is 28.5 Å². The average Bonchev–Trinajstić information content (AvgIpc) is 3.85. The molecule has 0 spiro atoms. The Morgan fingerprint density at radius 2 is 1.76 bits per heavy atom. The minimum absolute atomic E-state index is 0.00948. The van der Waals surface area contributed by atoms with Gasteiger partial charge in [-0.25, -0.2) is 4.79 Å². The maximum absolute atomic E-state index is 13.9. The molecule has 1 aliphatic heterocycles. The Kier molecular flexibility index (Phi) is 10.1. The van der Waals surface area contributed by atoms with E-state index in [0.29, 0.717) is 61.9 Å². The monoisotopic (exact) mass is 531 g/mol. The number of ether oxygens (including phenoxy) is 4. The van der Waals surface area contributed by atoms with Crippen LogP contribution in [0.2, 0.25) is 0 Å². The van der Waals surface area contributed by atoms with Crippen molar-refractivity contribution in [2.45, 2.75) is 58.0 Å². The Morgan fingerprint density at radius 3 is 2.39 bits per heavy atom. The summed E-state index contributed by atoms with van der Waals surface area (Å²) < 4.78 is 22.1. The predicted octanol–water partition coefficient (Wildman–Crippen LogP) is 3.81. The second-order valence-electron chi connectivity index (χ2n) is 11.2. The highest BCUT2D eigenvalue weighted by atomic mass is 16.6. The molecule has 1 N–H and O–H groups in total. The van der Waals surface area contributed by atoms with E-state index in [2.05, 4.69) is 5.32 Å². The topological polar surface area (TPSA) is 89.6 Å². The molecule has 9 heteroatoms. The van der Waals surface area contributed by atoms with E-state index >= 15 is 0 Å². The van der Waals surface area contributed by atoms with Crippen molar-refractivity contribution in [3.8, 4) is 11.5 Å². The number of rotatable bonds is 15. The van der Waals surface area contributed by atoms with Crippen molar-refractivity contribution in [1.29, 1.82) is 0 Å². The minimum atomic E-state index is -0.171. The third-order valence-corrected chi connectivity index (χ3v) is 7.76. The summed E-state index contributed by atoms with van der Waals surface area (Å²) in [5.41, 5.74) is 0.530. The summed E-state index contributed by atoms with van der Waals surface area (Å²) in [7, 11) is 3.26. The number of hydrogen-bond acceptors (Lipinski definition) is 7. The molecular formula is C29H45N3O6. The normalized spacial score (nSPS) is 20.9. The van der Waals surface area contributed by atoms with Gasteiger partial charge in [0.05, 0.1) is 25.9 Å². The van der Waals surface area contributed by atoms with E-state index in [4.69, 9.17) is 18.9 Å². The molecule has 212 valence electrons. The predicted molar refractivity (Wildman–Crippen MR) is 145 cm³/mol. The highest BCUT2D eigenvalue weighted by Gasteiger charge is 2.39. The number of nitrogens with one attached hydrogen (secondary N) is 1. The van der Waals surface area contributed by atoms with Gasteiger partial charge in [-0.05, 0) is 69.4 Å². The number of nitrogens with zero attached hydrogens (tertiary/aromatic N) is 2. The third kappa shape index (κ3) is 7.76. The molecule has 0 bridgehead atoms. The lowest BCUT2D eigenvalue weighted by molar-refractivity contribution is 0.0626. The molecular weight excluding hydrogens is 486 g/mol. The molecule has 38 heavy (non-hydrogen) atoms. The third-order valence-electron chi connectivity index (χ3n) is 7.76. The van der Waals surface area contributed by atoms with E-state index in [9.17, 15) is 9.59 Å². The summed E-state index contributed by atoms with van der Waals surface area (Å²) in [5, 5.41) is 3.51. The smallest absolute Gasteiger partial charge is 0.410 e. The first-order valence-corrected chi connectivity index (χ1v) is 14.2. The molecule has 0 aromatic heterocycles. The molecule has 1 aromatic carbocycles. The molecule has 1 saturated heterocycles. The van der Waals surface area contributed by atoms with Gasteiger partial charge in [0, 0.05) is 64.5 Å². The average molecular weight is 532 g/mol. The zero-order chi connectivity index (χ0) is 27.1. The van der Waals surface area contributed by atoms with Crippen LogP contribution in [0.25, 0.3) is 0 Å². The fourth-order valence-corrected chi connectivity index (χ4v) is 5.03. The number of amides is 2. The van der Waals surface area contributed by atoms with E-state index in [-0.39, 0.29) is 29.9 Å².